The van der Waals surface area contributed by atoms with Crippen molar-refractivity contribution in [3.05, 3.63) is 94.3 Å². The molecular weight excluding hydrogens is 420 g/mol. The molecule has 0 bridgehead atoms. The summed E-state index contributed by atoms with van der Waals surface area (Å²) in [5.41, 5.74) is 4.01. The Labute approximate surface area is 190 Å². The highest BCUT2D eigenvalue weighted by molar-refractivity contribution is 7.71. The third-order valence-corrected chi connectivity index (χ3v) is 5.93. The van der Waals surface area contributed by atoms with Gasteiger partial charge in [0.15, 0.2) is 10.6 Å². The number of hydrogen-bond acceptors (Lipinski definition) is 4. The molecule has 2 N–H and O–H groups in total. The number of aryl methyl sites for hydroxylation is 1. The molecule has 0 fully saturated rings. The van der Waals surface area contributed by atoms with Gasteiger partial charge in [-0.05, 0) is 31.3 Å². The van der Waals surface area contributed by atoms with Gasteiger partial charge < -0.3 is 10.1 Å². The second kappa shape index (κ2) is 8.43. The quantitative estimate of drug-likeness (QED) is 0.411. The highest BCUT2D eigenvalue weighted by Gasteiger charge is 2.28. The van der Waals surface area contributed by atoms with Crippen LogP contribution in [0.25, 0.3) is 11.4 Å². The van der Waals surface area contributed by atoms with Gasteiger partial charge in [0.25, 0.3) is 0 Å². The number of benzene rings is 3. The minimum atomic E-state index is -0.266. The molecule has 1 amide bonds. The van der Waals surface area contributed by atoms with Gasteiger partial charge >= 0.3 is 0 Å². The summed E-state index contributed by atoms with van der Waals surface area (Å²) in [5, 5.41) is 10.4. The SMILES string of the molecule is Cc1ccc(-c2n[nH]c(=S)n2CCC(=O)NC2c3ccccc3Oc3ccccc32)cc1. The number of carbonyl (C=O) groups excluding carboxylic acids is 1. The number of amides is 1. The van der Waals surface area contributed by atoms with Gasteiger partial charge in [0.2, 0.25) is 5.91 Å². The van der Waals surface area contributed by atoms with Gasteiger partial charge in [-0.15, -0.1) is 0 Å². The maximum absolute atomic E-state index is 13.0. The summed E-state index contributed by atoms with van der Waals surface area (Å²) in [6, 6.07) is 23.4. The lowest BCUT2D eigenvalue weighted by Crippen LogP contribution is -2.31. The number of carbonyl (C=O) groups is 1. The zero-order valence-corrected chi connectivity index (χ0v) is 18.4. The summed E-state index contributed by atoms with van der Waals surface area (Å²) >= 11 is 5.41. The van der Waals surface area contributed by atoms with Crippen molar-refractivity contribution in [3.63, 3.8) is 0 Å². The minimum Gasteiger partial charge on any atom is -0.457 e. The molecule has 0 saturated heterocycles. The molecule has 160 valence electrons. The van der Waals surface area contributed by atoms with Gasteiger partial charge in [0.1, 0.15) is 11.5 Å². The molecule has 0 unspecified atom stereocenters. The summed E-state index contributed by atoms with van der Waals surface area (Å²) in [6.45, 7) is 2.47. The predicted molar refractivity (Wildman–Crippen MR) is 125 cm³/mol. The van der Waals surface area contributed by atoms with Crippen LogP contribution in [-0.4, -0.2) is 20.7 Å². The first-order chi connectivity index (χ1) is 15.6. The summed E-state index contributed by atoms with van der Waals surface area (Å²) < 4.78 is 8.38. The normalized spacial score (nSPS) is 12.5. The van der Waals surface area contributed by atoms with Crippen LogP contribution in [0.1, 0.15) is 29.2 Å². The highest BCUT2D eigenvalue weighted by Crippen LogP contribution is 2.42. The third kappa shape index (κ3) is 3.83. The molecule has 0 spiro atoms. The number of ether oxygens (including phenoxy) is 1. The fraction of sp³-hybridized carbons (Fsp3) is 0.160. The first-order valence-corrected chi connectivity index (χ1v) is 10.9. The van der Waals surface area contributed by atoms with E-state index in [0.29, 0.717) is 11.3 Å². The number of nitrogens with one attached hydrogen (secondary N) is 2. The third-order valence-electron chi connectivity index (χ3n) is 5.62. The van der Waals surface area contributed by atoms with Crippen LogP contribution in [0.15, 0.2) is 72.8 Å². The lowest BCUT2D eigenvalue weighted by Gasteiger charge is -2.28. The molecule has 6 nitrogen and oxygen atoms in total. The van der Waals surface area contributed by atoms with Gasteiger partial charge in [-0.3, -0.25) is 14.5 Å². The van der Waals surface area contributed by atoms with E-state index in [1.165, 1.54) is 5.56 Å². The van der Waals surface area contributed by atoms with E-state index < -0.39 is 0 Å². The molecule has 3 aromatic carbocycles. The summed E-state index contributed by atoms with van der Waals surface area (Å²) in [7, 11) is 0. The Kier molecular flexibility index (Phi) is 5.33. The second-order valence-electron chi connectivity index (χ2n) is 7.80. The number of H-pyrrole nitrogens is 1. The fourth-order valence-corrected chi connectivity index (χ4v) is 4.18. The topological polar surface area (TPSA) is 71.9 Å². The van der Waals surface area contributed by atoms with Gasteiger partial charge in [-0.1, -0.05) is 66.2 Å². The second-order valence-corrected chi connectivity index (χ2v) is 8.18. The molecule has 5 rings (SSSR count). The molecule has 2 heterocycles. The number of hydrogen-bond donors (Lipinski definition) is 2. The van der Waals surface area contributed by atoms with Crippen molar-refractivity contribution in [2.24, 2.45) is 0 Å². The number of aromatic nitrogens is 3. The Bertz CT molecular complexity index is 1300. The van der Waals surface area contributed by atoms with E-state index in [0.717, 1.165) is 34.0 Å². The Morgan fingerprint density at radius 2 is 1.66 bits per heavy atom. The monoisotopic (exact) mass is 442 g/mol. The average molecular weight is 443 g/mol. The molecule has 0 atom stereocenters. The molecule has 4 aromatic rings. The Morgan fingerprint density at radius 3 is 2.31 bits per heavy atom. The molecule has 0 radical (unpaired) electrons. The van der Waals surface area contributed by atoms with Crippen molar-refractivity contribution in [2.75, 3.05) is 0 Å². The summed E-state index contributed by atoms with van der Waals surface area (Å²) in [5.74, 6) is 2.18. The fourth-order valence-electron chi connectivity index (χ4n) is 3.96. The van der Waals surface area contributed by atoms with Crippen LogP contribution in [0.5, 0.6) is 11.5 Å². The van der Waals surface area contributed by atoms with Crippen LogP contribution in [0.3, 0.4) is 0 Å². The first-order valence-electron chi connectivity index (χ1n) is 10.5. The molecule has 0 saturated carbocycles. The van der Waals surface area contributed by atoms with Crippen molar-refractivity contribution in [1.29, 1.82) is 0 Å². The standard InChI is InChI=1S/C25H22N4O2S/c1-16-10-12-17(13-11-16)24-27-28-25(32)29(24)15-14-22(30)26-23-18-6-2-4-8-20(18)31-21-9-5-3-7-19(21)23/h2-13,23H,14-15H2,1H3,(H,26,30)(H,28,32). The van der Waals surface area contributed by atoms with E-state index in [9.17, 15) is 4.79 Å². The lowest BCUT2D eigenvalue weighted by molar-refractivity contribution is -0.121. The van der Waals surface area contributed by atoms with Gasteiger partial charge in [0, 0.05) is 29.7 Å². The lowest BCUT2D eigenvalue weighted by atomic mass is 9.94. The average Bonchev–Trinajstić information content (AvgIpc) is 3.18. The largest absolute Gasteiger partial charge is 0.457 e. The van der Waals surface area contributed by atoms with E-state index in [1.807, 2.05) is 84.3 Å². The first kappa shape index (κ1) is 20.2. The molecule has 1 aliphatic rings. The van der Waals surface area contributed by atoms with E-state index in [4.69, 9.17) is 17.0 Å². The Hall–Kier alpha value is -3.71. The Balaban J connectivity index is 1.36. The molecular formula is C25H22N4O2S. The zero-order valence-electron chi connectivity index (χ0n) is 17.5. The molecule has 7 heteroatoms. The number of aromatic amines is 1. The molecule has 1 aromatic heterocycles. The smallest absolute Gasteiger partial charge is 0.222 e. The number of rotatable bonds is 5. The van der Waals surface area contributed by atoms with Gasteiger partial charge in [-0.25, -0.2) is 0 Å². The maximum atomic E-state index is 13.0. The van der Waals surface area contributed by atoms with Crippen molar-refractivity contribution in [1.82, 2.24) is 20.1 Å². The number of nitrogens with zero attached hydrogens (tertiary/aromatic N) is 2. The zero-order chi connectivity index (χ0) is 22.1. The van der Waals surface area contributed by atoms with E-state index >= 15 is 0 Å². The van der Waals surface area contributed by atoms with Gasteiger partial charge in [-0.2, -0.15) is 5.10 Å². The van der Waals surface area contributed by atoms with E-state index in [1.54, 1.807) is 0 Å². The van der Waals surface area contributed by atoms with Gasteiger partial charge in [0.05, 0.1) is 6.04 Å². The van der Waals surface area contributed by atoms with Crippen LogP contribution >= 0.6 is 12.2 Å². The minimum absolute atomic E-state index is 0.0699. The van der Waals surface area contributed by atoms with Crippen LogP contribution < -0.4 is 10.1 Å². The Morgan fingerprint density at radius 1 is 1.03 bits per heavy atom. The predicted octanol–water partition coefficient (Wildman–Crippen LogP) is 5.32. The van der Waals surface area contributed by atoms with Crippen LogP contribution in [-0.2, 0) is 11.3 Å². The van der Waals surface area contributed by atoms with Crippen LogP contribution in [0.2, 0.25) is 0 Å². The molecule has 1 aliphatic heterocycles. The van der Waals surface area contributed by atoms with Crippen molar-refractivity contribution in [2.45, 2.75) is 25.9 Å². The summed E-state index contributed by atoms with van der Waals surface area (Å²) in [4.78, 5) is 13.0. The highest BCUT2D eigenvalue weighted by atomic mass is 32.1. The molecule has 32 heavy (non-hydrogen) atoms. The van der Waals surface area contributed by atoms with Crippen molar-refractivity contribution < 1.29 is 9.53 Å². The van der Waals surface area contributed by atoms with E-state index in [-0.39, 0.29) is 18.4 Å². The van der Waals surface area contributed by atoms with Crippen molar-refractivity contribution in [3.8, 4) is 22.9 Å². The maximum Gasteiger partial charge on any atom is 0.222 e. The van der Waals surface area contributed by atoms with Crippen molar-refractivity contribution >= 4 is 18.1 Å². The van der Waals surface area contributed by atoms with Crippen LogP contribution in [0.4, 0.5) is 0 Å². The number of fused-ring (bicyclic) bond motifs is 2. The number of para-hydroxylation sites is 2. The van der Waals surface area contributed by atoms with E-state index in [2.05, 4.69) is 15.5 Å². The van der Waals surface area contributed by atoms with Crippen LogP contribution in [0, 0.1) is 11.7 Å². The summed E-state index contributed by atoms with van der Waals surface area (Å²) in [6.07, 6.45) is 0.272. The molecule has 0 aliphatic carbocycles.